The minimum atomic E-state index is 0. The van der Waals surface area contributed by atoms with Crippen LogP contribution in [0.2, 0.25) is 0 Å². The molecule has 0 fully saturated rings. The molecule has 10 nitrogen and oxygen atoms in total. The van der Waals surface area contributed by atoms with E-state index < -0.39 is 0 Å². The van der Waals surface area contributed by atoms with Gasteiger partial charge in [-0.2, -0.15) is 0 Å². The van der Waals surface area contributed by atoms with Crippen LogP contribution in [-0.2, 0) is 73.8 Å². The van der Waals surface area contributed by atoms with Crippen molar-refractivity contribution < 1.29 is 100 Å². The van der Waals surface area contributed by atoms with E-state index in [1.165, 1.54) is 0 Å². The van der Waals surface area contributed by atoms with E-state index in [-0.39, 0.29) is 52.8 Å². The van der Waals surface area contributed by atoms with Gasteiger partial charge in [-0.15, -0.1) is 0 Å². The second-order valence-corrected chi connectivity index (χ2v) is 10.6. The van der Waals surface area contributed by atoms with Crippen LogP contribution in [0.5, 0.6) is 0 Å². The monoisotopic (exact) mass is 710 g/mol. The Morgan fingerprint density at radius 3 is 0.776 bits per heavy atom. The Labute approximate surface area is 336 Å². The summed E-state index contributed by atoms with van der Waals surface area (Å²) >= 11 is 0. The summed E-state index contributed by atoms with van der Waals surface area (Å²) in [5.74, 6) is 0. The molecule has 0 bridgehead atoms. The molecular weight excluding hydrogens is 656 g/mol. The summed E-state index contributed by atoms with van der Waals surface area (Å²) in [6.45, 7) is 10.7. The van der Waals surface area contributed by atoms with Crippen LogP contribution < -0.4 is 51.4 Å². The first kappa shape index (κ1) is 44.1. The summed E-state index contributed by atoms with van der Waals surface area (Å²) in [6, 6.07) is 28.3. The van der Waals surface area contributed by atoms with E-state index in [2.05, 4.69) is 12.1 Å². The maximum Gasteiger partial charge on any atom is 1.00 e. The third-order valence-corrected chi connectivity index (χ3v) is 6.83. The zero-order valence-electron chi connectivity index (χ0n) is 30.3. The Balaban J connectivity index is 0.00000625. The number of benzene rings is 3. The van der Waals surface area contributed by atoms with Gasteiger partial charge in [0.1, 0.15) is 0 Å². The molecule has 0 radical (unpaired) electrons. The molecule has 0 amide bonds. The fourth-order valence-electron chi connectivity index (χ4n) is 4.29. The average Bonchev–Trinajstić information content (AvgIpc) is 3.13. The zero-order chi connectivity index (χ0) is 33.4. The predicted octanol–water partition coefficient (Wildman–Crippen LogP) is 2.37. The maximum absolute atomic E-state index is 5.81. The quantitative estimate of drug-likeness (QED) is 0.0711. The van der Waals surface area contributed by atoms with Crippen LogP contribution in [0, 0.1) is 0 Å². The molecular formula is C38H55KO10. The molecule has 0 heterocycles. The van der Waals surface area contributed by atoms with E-state index in [4.69, 9.17) is 47.4 Å². The van der Waals surface area contributed by atoms with E-state index >= 15 is 0 Å². The van der Waals surface area contributed by atoms with Gasteiger partial charge in [-0.05, 0) is 22.3 Å². The Kier molecular flexibility index (Phi) is 29.5. The molecule has 3 aromatic carbocycles. The second-order valence-electron chi connectivity index (χ2n) is 10.6. The zero-order valence-corrected chi connectivity index (χ0v) is 32.4. The molecule has 0 spiro atoms. The van der Waals surface area contributed by atoms with Crippen LogP contribution >= 0.6 is 0 Å². The molecule has 0 aliphatic rings. The molecule has 49 heavy (non-hydrogen) atoms. The molecule has 0 atom stereocenters. The van der Waals surface area contributed by atoms with Crippen LogP contribution in [0.1, 0.15) is 23.7 Å². The standard InChI is InChI=1S/C38H54O10.K.H/c1-3-9-35(10-4-1)31-45-27-23-41-19-15-39-17-21-43-25-29-47-33-37-13-7-8-14-38(37)34-48-30-26-44-22-18-40-16-20-42-24-28-46-32-36-11-5-2-6-12-36;;/h1-14H,15-34H2;;/q;+1;-1. The third-order valence-electron chi connectivity index (χ3n) is 6.83. The molecule has 0 aliphatic heterocycles. The Bertz CT molecular complexity index is 1040. The Hall–Kier alpha value is -1.10. The molecule has 268 valence electrons. The first-order valence-corrected chi connectivity index (χ1v) is 16.8. The molecule has 0 N–H and O–H groups in total. The minimum absolute atomic E-state index is 0. The van der Waals surface area contributed by atoms with Crippen molar-refractivity contribution >= 4 is 0 Å². The average molecular weight is 711 g/mol. The van der Waals surface area contributed by atoms with Gasteiger partial charge in [-0.3, -0.25) is 0 Å². The summed E-state index contributed by atoms with van der Waals surface area (Å²) in [5, 5.41) is 0. The minimum Gasteiger partial charge on any atom is -1.00 e. The van der Waals surface area contributed by atoms with Crippen molar-refractivity contribution in [2.75, 3.05) is 106 Å². The van der Waals surface area contributed by atoms with E-state index in [1.807, 2.05) is 72.8 Å². The van der Waals surface area contributed by atoms with Crippen LogP contribution in [-0.4, -0.2) is 106 Å². The van der Waals surface area contributed by atoms with Crippen molar-refractivity contribution in [1.82, 2.24) is 0 Å². The first-order valence-electron chi connectivity index (χ1n) is 16.8. The van der Waals surface area contributed by atoms with Gasteiger partial charge in [0.2, 0.25) is 0 Å². The summed E-state index contributed by atoms with van der Waals surface area (Å²) in [5.41, 5.74) is 4.53. The van der Waals surface area contributed by atoms with Gasteiger partial charge in [0.25, 0.3) is 0 Å². The van der Waals surface area contributed by atoms with Crippen molar-refractivity contribution in [2.24, 2.45) is 0 Å². The molecule has 0 saturated heterocycles. The van der Waals surface area contributed by atoms with Crippen LogP contribution in [0.15, 0.2) is 84.9 Å². The summed E-state index contributed by atoms with van der Waals surface area (Å²) in [7, 11) is 0. The fraction of sp³-hybridized carbons (Fsp3) is 0.526. The van der Waals surface area contributed by atoms with Crippen molar-refractivity contribution in [3.63, 3.8) is 0 Å². The fourth-order valence-corrected chi connectivity index (χ4v) is 4.29. The van der Waals surface area contributed by atoms with Gasteiger partial charge < -0.3 is 48.8 Å². The van der Waals surface area contributed by atoms with Gasteiger partial charge in [-0.25, -0.2) is 0 Å². The molecule has 3 rings (SSSR count). The Morgan fingerprint density at radius 2 is 0.490 bits per heavy atom. The Morgan fingerprint density at radius 1 is 0.265 bits per heavy atom. The maximum atomic E-state index is 5.81. The van der Waals surface area contributed by atoms with Gasteiger partial charge in [0.15, 0.2) is 0 Å². The first-order chi connectivity index (χ1) is 23.9. The van der Waals surface area contributed by atoms with Gasteiger partial charge >= 0.3 is 51.4 Å². The van der Waals surface area contributed by atoms with Gasteiger partial charge in [-0.1, -0.05) is 84.9 Å². The number of rotatable bonds is 32. The van der Waals surface area contributed by atoms with Gasteiger partial charge in [0, 0.05) is 0 Å². The van der Waals surface area contributed by atoms with Gasteiger partial charge in [0.05, 0.1) is 132 Å². The number of hydrogen-bond donors (Lipinski definition) is 0. The molecule has 0 unspecified atom stereocenters. The molecule has 11 heteroatoms. The van der Waals surface area contributed by atoms with E-state index in [0.29, 0.717) is 132 Å². The smallest absolute Gasteiger partial charge is 1.00 e. The molecule has 0 aromatic heterocycles. The van der Waals surface area contributed by atoms with Crippen molar-refractivity contribution in [3.05, 3.63) is 107 Å². The van der Waals surface area contributed by atoms with Crippen LogP contribution in [0.3, 0.4) is 0 Å². The van der Waals surface area contributed by atoms with Crippen LogP contribution in [0.4, 0.5) is 0 Å². The van der Waals surface area contributed by atoms with E-state index in [9.17, 15) is 0 Å². The summed E-state index contributed by atoms with van der Waals surface area (Å²) in [6.07, 6.45) is 0. The molecule has 3 aromatic rings. The topological polar surface area (TPSA) is 92.3 Å². The second kappa shape index (κ2) is 32.8. The number of hydrogen-bond acceptors (Lipinski definition) is 10. The normalized spacial score (nSPS) is 11.1. The van der Waals surface area contributed by atoms with Crippen LogP contribution in [0.25, 0.3) is 0 Å². The van der Waals surface area contributed by atoms with Crippen molar-refractivity contribution in [3.8, 4) is 0 Å². The molecule has 0 aliphatic carbocycles. The molecule has 0 saturated carbocycles. The van der Waals surface area contributed by atoms with Crippen molar-refractivity contribution in [1.29, 1.82) is 0 Å². The predicted molar refractivity (Wildman–Crippen MR) is 184 cm³/mol. The largest absolute Gasteiger partial charge is 1.00 e. The summed E-state index contributed by atoms with van der Waals surface area (Å²) < 4.78 is 56.2. The van der Waals surface area contributed by atoms with Crippen molar-refractivity contribution in [2.45, 2.75) is 26.4 Å². The number of ether oxygens (including phenoxy) is 10. The summed E-state index contributed by atoms with van der Waals surface area (Å²) in [4.78, 5) is 0. The SMILES string of the molecule is [H-].[K+].c1ccc(COCCOCCOCCOCCOCc2ccccc2COCCOCCOCCOCCOCc2ccccc2)cc1. The van der Waals surface area contributed by atoms with E-state index in [1.54, 1.807) is 0 Å². The van der Waals surface area contributed by atoms with E-state index in [0.717, 1.165) is 22.3 Å². The third kappa shape index (κ3) is 24.7.